The van der Waals surface area contributed by atoms with Gasteiger partial charge in [0.25, 0.3) is 5.91 Å². The van der Waals surface area contributed by atoms with E-state index >= 15 is 0 Å². The molecule has 0 radical (unpaired) electrons. The van der Waals surface area contributed by atoms with Crippen LogP contribution < -0.4 is 4.90 Å². The topological polar surface area (TPSA) is 20.3 Å². The maximum Gasteiger partial charge on any atom is 0.259 e. The van der Waals surface area contributed by atoms with Crippen LogP contribution in [0.4, 0.5) is 5.69 Å². The van der Waals surface area contributed by atoms with Crippen LogP contribution in [0.15, 0.2) is 64.5 Å². The number of nitrogens with zero attached hydrogens (tertiary/aromatic N) is 1. The number of benzene rings is 2. The highest BCUT2D eigenvalue weighted by molar-refractivity contribution is 9.10. The van der Waals surface area contributed by atoms with E-state index in [1.54, 1.807) is 41.5 Å². The lowest BCUT2D eigenvalue weighted by Crippen LogP contribution is -2.26. The molecule has 0 aliphatic carbocycles. The van der Waals surface area contributed by atoms with E-state index in [-0.39, 0.29) is 5.91 Å². The maximum absolute atomic E-state index is 12.7. The molecule has 23 heavy (non-hydrogen) atoms. The van der Waals surface area contributed by atoms with Gasteiger partial charge in [-0.3, -0.25) is 4.79 Å². The summed E-state index contributed by atoms with van der Waals surface area (Å²) in [6.07, 6.45) is 0. The third kappa shape index (κ3) is 3.50. The van der Waals surface area contributed by atoms with Gasteiger partial charge in [0.1, 0.15) is 0 Å². The van der Waals surface area contributed by atoms with Crippen LogP contribution in [0.25, 0.3) is 10.4 Å². The normalized spacial score (nSPS) is 10.6. The summed E-state index contributed by atoms with van der Waals surface area (Å²) in [6.45, 7) is 0. The molecule has 0 bridgehead atoms. The predicted octanol–water partition coefficient (Wildman–Crippen LogP) is 6.11. The van der Waals surface area contributed by atoms with Crippen molar-refractivity contribution in [2.45, 2.75) is 0 Å². The average molecular weight is 407 g/mol. The maximum atomic E-state index is 12.7. The lowest BCUT2D eigenvalue weighted by atomic mass is 10.1. The summed E-state index contributed by atoms with van der Waals surface area (Å²) in [4.78, 5) is 15.5. The van der Waals surface area contributed by atoms with Crippen LogP contribution in [0.1, 0.15) is 10.4 Å². The third-order valence-corrected chi connectivity index (χ3v) is 5.36. The van der Waals surface area contributed by atoms with Gasteiger partial charge >= 0.3 is 0 Å². The van der Waals surface area contributed by atoms with Crippen LogP contribution in [0.3, 0.4) is 0 Å². The van der Waals surface area contributed by atoms with Gasteiger partial charge in [-0.05, 0) is 45.8 Å². The van der Waals surface area contributed by atoms with Gasteiger partial charge in [-0.25, -0.2) is 0 Å². The summed E-state index contributed by atoms with van der Waals surface area (Å²) >= 11 is 11.0. The van der Waals surface area contributed by atoms with E-state index in [2.05, 4.69) is 28.1 Å². The molecular formula is C18H13BrClNOS. The molecule has 0 saturated carbocycles. The molecular weight excluding hydrogens is 394 g/mol. The molecule has 0 aliphatic rings. The monoisotopic (exact) mass is 405 g/mol. The quantitative estimate of drug-likeness (QED) is 0.514. The van der Waals surface area contributed by atoms with Crippen molar-refractivity contribution in [3.8, 4) is 10.4 Å². The zero-order valence-corrected chi connectivity index (χ0v) is 15.5. The molecule has 0 N–H and O–H groups in total. The van der Waals surface area contributed by atoms with Crippen LogP contribution in [0.5, 0.6) is 0 Å². The average Bonchev–Trinajstić information content (AvgIpc) is 3.04. The molecule has 1 heterocycles. The van der Waals surface area contributed by atoms with Crippen LogP contribution in [-0.2, 0) is 0 Å². The molecule has 2 nitrogen and oxygen atoms in total. The molecule has 116 valence electrons. The van der Waals surface area contributed by atoms with Gasteiger partial charge in [-0.2, -0.15) is 0 Å². The van der Waals surface area contributed by atoms with Gasteiger partial charge in [-0.15, -0.1) is 11.3 Å². The number of anilines is 1. The van der Waals surface area contributed by atoms with E-state index in [1.165, 1.54) is 0 Å². The Hall–Kier alpha value is -1.62. The third-order valence-electron chi connectivity index (χ3n) is 3.50. The molecule has 1 aromatic heterocycles. The minimum Gasteiger partial charge on any atom is -0.311 e. The lowest BCUT2D eigenvalue weighted by Gasteiger charge is -2.16. The largest absolute Gasteiger partial charge is 0.311 e. The highest BCUT2D eigenvalue weighted by atomic mass is 79.9. The van der Waals surface area contributed by atoms with E-state index in [1.807, 2.05) is 29.6 Å². The molecule has 0 spiro atoms. The predicted molar refractivity (Wildman–Crippen MR) is 102 cm³/mol. The summed E-state index contributed by atoms with van der Waals surface area (Å²) < 4.78 is 0.695. The number of carbonyl (C=O) groups is 1. The first-order valence-electron chi connectivity index (χ1n) is 6.93. The molecule has 3 aromatic rings. The second-order valence-electron chi connectivity index (χ2n) is 5.02. The smallest absolute Gasteiger partial charge is 0.259 e. The van der Waals surface area contributed by atoms with Crippen molar-refractivity contribution in [1.82, 2.24) is 0 Å². The van der Waals surface area contributed by atoms with Gasteiger partial charge in [0.2, 0.25) is 0 Å². The molecule has 1 amide bonds. The second-order valence-corrected chi connectivity index (χ2v) is 7.23. The first kappa shape index (κ1) is 16.2. The molecule has 3 rings (SSSR count). The number of thiophene rings is 1. The van der Waals surface area contributed by atoms with E-state index in [0.29, 0.717) is 15.1 Å². The summed E-state index contributed by atoms with van der Waals surface area (Å²) in [5.74, 6) is -0.0778. The van der Waals surface area contributed by atoms with E-state index in [0.717, 1.165) is 16.1 Å². The second kappa shape index (κ2) is 6.87. The summed E-state index contributed by atoms with van der Waals surface area (Å²) in [5.41, 5.74) is 2.61. The molecule has 0 unspecified atom stereocenters. The van der Waals surface area contributed by atoms with Gasteiger partial charge in [0.05, 0.1) is 11.3 Å². The number of rotatable bonds is 3. The summed E-state index contributed by atoms with van der Waals surface area (Å²) in [6, 6.07) is 17.3. The van der Waals surface area contributed by atoms with Crippen LogP contribution >= 0.6 is 38.9 Å². The van der Waals surface area contributed by atoms with Gasteiger partial charge in [-0.1, -0.05) is 41.9 Å². The first-order valence-corrected chi connectivity index (χ1v) is 8.98. The molecule has 0 fully saturated rings. The van der Waals surface area contributed by atoms with Crippen LogP contribution in [-0.4, -0.2) is 13.0 Å². The van der Waals surface area contributed by atoms with Crippen molar-refractivity contribution in [2.75, 3.05) is 11.9 Å². The summed E-state index contributed by atoms with van der Waals surface area (Å²) in [5, 5.41) is 2.59. The van der Waals surface area contributed by atoms with E-state index < -0.39 is 0 Å². The van der Waals surface area contributed by atoms with Crippen molar-refractivity contribution >= 4 is 50.5 Å². The molecule has 0 aliphatic heterocycles. The number of amides is 1. The fourth-order valence-corrected chi connectivity index (χ4v) is 4.00. The van der Waals surface area contributed by atoms with Gasteiger partial charge in [0, 0.05) is 26.8 Å². The Kier molecular flexibility index (Phi) is 4.85. The molecule has 5 heteroatoms. The molecule has 2 aromatic carbocycles. The molecule has 0 saturated heterocycles. The SMILES string of the molecule is CN(C(=O)c1ccc(Cl)cc1Br)c1csc(-c2ccccc2)c1. The fraction of sp³-hybridized carbons (Fsp3) is 0.0556. The van der Waals surface area contributed by atoms with Crippen molar-refractivity contribution in [1.29, 1.82) is 0 Å². The van der Waals surface area contributed by atoms with Crippen LogP contribution in [0, 0.1) is 0 Å². The van der Waals surface area contributed by atoms with Crippen molar-refractivity contribution in [3.63, 3.8) is 0 Å². The van der Waals surface area contributed by atoms with Crippen LogP contribution in [0.2, 0.25) is 5.02 Å². The Morgan fingerprint density at radius 3 is 2.57 bits per heavy atom. The number of carbonyl (C=O) groups excluding carboxylic acids is 1. The zero-order valence-electron chi connectivity index (χ0n) is 12.3. The van der Waals surface area contributed by atoms with Gasteiger partial charge in [0.15, 0.2) is 0 Å². The van der Waals surface area contributed by atoms with Crippen molar-refractivity contribution in [3.05, 3.63) is 75.0 Å². The summed E-state index contributed by atoms with van der Waals surface area (Å²) in [7, 11) is 1.78. The lowest BCUT2D eigenvalue weighted by molar-refractivity contribution is 0.0992. The zero-order chi connectivity index (χ0) is 16.4. The fourth-order valence-electron chi connectivity index (χ4n) is 2.22. The minimum absolute atomic E-state index is 0.0778. The standard InChI is InChI=1S/C18H13BrClNOS/c1-21(18(22)15-8-7-13(20)9-16(15)19)14-10-17(23-11-14)12-5-3-2-4-6-12/h2-11H,1H3. The Morgan fingerprint density at radius 1 is 1.13 bits per heavy atom. The Morgan fingerprint density at radius 2 is 1.87 bits per heavy atom. The Balaban J connectivity index is 1.87. The number of hydrogen-bond acceptors (Lipinski definition) is 2. The van der Waals surface area contributed by atoms with Crippen molar-refractivity contribution in [2.24, 2.45) is 0 Å². The first-order chi connectivity index (χ1) is 11.1. The van der Waals surface area contributed by atoms with E-state index in [9.17, 15) is 4.79 Å². The highest BCUT2D eigenvalue weighted by Gasteiger charge is 2.18. The Bertz CT molecular complexity index is 847. The highest BCUT2D eigenvalue weighted by Crippen LogP contribution is 2.32. The number of halogens is 2. The molecule has 0 atom stereocenters. The van der Waals surface area contributed by atoms with E-state index in [4.69, 9.17) is 11.6 Å². The minimum atomic E-state index is -0.0778. The number of hydrogen-bond donors (Lipinski definition) is 0. The van der Waals surface area contributed by atoms with Crippen molar-refractivity contribution < 1.29 is 4.79 Å². The Labute approximate surface area is 152 Å². The van der Waals surface area contributed by atoms with Gasteiger partial charge < -0.3 is 4.90 Å².